The van der Waals surface area contributed by atoms with Gasteiger partial charge in [-0.2, -0.15) is 0 Å². The first kappa shape index (κ1) is 65.3. The third kappa shape index (κ3) is 49.1. The van der Waals surface area contributed by atoms with E-state index in [4.69, 9.17) is 19.9 Å². The lowest BCUT2D eigenvalue weighted by molar-refractivity contribution is -0.160. The molecule has 0 aliphatic rings. The van der Waals surface area contributed by atoms with Crippen LogP contribution in [0.4, 0.5) is 0 Å². The molecule has 0 aliphatic heterocycles. The highest BCUT2D eigenvalue weighted by molar-refractivity contribution is 5.75. The molecule has 9 heteroatoms. The van der Waals surface area contributed by atoms with Crippen molar-refractivity contribution in [3.8, 4) is 0 Å². The van der Waals surface area contributed by atoms with Gasteiger partial charge in [-0.05, 0) is 46.1 Å². The molecule has 0 saturated carbocycles. The molecule has 3 atom stereocenters. The van der Waals surface area contributed by atoms with Crippen LogP contribution < -0.4 is 5.73 Å². The normalized spacial score (nSPS) is 12.9. The van der Waals surface area contributed by atoms with Crippen LogP contribution in [-0.4, -0.2) is 79.0 Å². The van der Waals surface area contributed by atoms with Gasteiger partial charge in [-0.15, -0.1) is 0 Å². The molecule has 0 aromatic heterocycles. The van der Waals surface area contributed by atoms with E-state index in [1.54, 1.807) is 6.92 Å². The van der Waals surface area contributed by atoms with Gasteiger partial charge in [-0.3, -0.25) is 19.3 Å². The van der Waals surface area contributed by atoms with Crippen LogP contribution in [0.25, 0.3) is 0 Å². The van der Waals surface area contributed by atoms with Gasteiger partial charge in [-0.25, -0.2) is 0 Å². The molecule has 0 rings (SSSR count). The number of nitrogens with two attached hydrogens (primary N) is 1. The van der Waals surface area contributed by atoms with Gasteiger partial charge in [0.05, 0.1) is 12.7 Å². The van der Waals surface area contributed by atoms with Gasteiger partial charge in [0.25, 0.3) is 0 Å². The summed E-state index contributed by atoms with van der Waals surface area (Å²) in [5, 5.41) is 10.2. The zero-order valence-electron chi connectivity index (χ0n) is 44.8. The predicted molar refractivity (Wildman–Crippen MR) is 283 cm³/mol. The Morgan fingerprint density at radius 3 is 1.15 bits per heavy atom. The molecular formula is C58H113N2O7. The third-order valence-corrected chi connectivity index (χ3v) is 13.5. The minimum absolute atomic E-state index is 0.0135. The molecule has 67 heavy (non-hydrogen) atoms. The van der Waals surface area contributed by atoms with Crippen molar-refractivity contribution in [3.63, 3.8) is 0 Å². The molecule has 3 N–H and O–H groups in total. The summed E-state index contributed by atoms with van der Waals surface area (Å²) in [6.07, 6.45) is 50.7. The number of rotatable bonds is 54. The van der Waals surface area contributed by atoms with E-state index in [0.717, 1.165) is 44.9 Å². The lowest BCUT2D eigenvalue weighted by Gasteiger charge is -2.28. The summed E-state index contributed by atoms with van der Waals surface area (Å²) in [6, 6.07) is -0.669. The second-order valence-electron chi connectivity index (χ2n) is 20.3. The van der Waals surface area contributed by atoms with Crippen molar-refractivity contribution in [1.29, 1.82) is 0 Å². The van der Waals surface area contributed by atoms with Gasteiger partial charge < -0.3 is 25.1 Å². The predicted octanol–water partition coefficient (Wildman–Crippen LogP) is 15.6. The molecule has 0 amide bonds. The summed E-state index contributed by atoms with van der Waals surface area (Å²) < 4.78 is 16.7. The average molecular weight is 951 g/mol. The van der Waals surface area contributed by atoms with Crippen molar-refractivity contribution in [2.75, 3.05) is 32.8 Å². The number of ether oxygens (including phenoxy) is 3. The fraction of sp³-hybridized carbons (Fsp3) is 0.931. The Kier molecular flexibility index (Phi) is 50.8. The van der Waals surface area contributed by atoms with Crippen LogP contribution in [0, 0.1) is 6.92 Å². The maximum Gasteiger partial charge on any atom is 0.322 e. The molecule has 1 radical (unpaired) electrons. The minimum Gasteiger partial charge on any atom is -0.465 e. The van der Waals surface area contributed by atoms with Gasteiger partial charge in [0.1, 0.15) is 18.8 Å². The van der Waals surface area contributed by atoms with E-state index < -0.39 is 24.2 Å². The topological polar surface area (TPSA) is 128 Å². The number of hydrogen-bond donors (Lipinski definition) is 2. The minimum atomic E-state index is -0.834. The Morgan fingerprint density at radius 1 is 0.463 bits per heavy atom. The van der Waals surface area contributed by atoms with E-state index in [1.807, 2.05) is 4.90 Å². The standard InChI is InChI=1S/C58H113N2O7/c1-5-8-10-12-14-16-18-20-22-24-26-28-30-32-34-36-38-40-42-47-56(62)66-52-54(51-60(50-53(4)61)49-45-44-46-55(59)58(64)65-7-3)67-57(63)48-43-41-39-37-35-33-31-29-27-25-23-21-19-17-15-13-11-9-6-2/h53-55,61H,4-52,59H2,1-3H3. The molecule has 0 aromatic rings. The van der Waals surface area contributed by atoms with Gasteiger partial charge in [0.15, 0.2) is 0 Å². The molecule has 9 nitrogen and oxygen atoms in total. The van der Waals surface area contributed by atoms with Crippen molar-refractivity contribution < 1.29 is 33.7 Å². The number of unbranched alkanes of at least 4 members (excludes halogenated alkanes) is 37. The molecule has 0 aromatic carbocycles. The second kappa shape index (κ2) is 52.1. The SMILES string of the molecule is [CH2]C(O)CN(CCCCC(N)C(=O)OCC)CC(COC(=O)CCCCCCCCCCCCCCCCCCCCC)OC(=O)CCCCCCCCCCCCCCCCCCCCC. The fourth-order valence-electron chi connectivity index (χ4n) is 9.23. The Labute approximate surface area is 415 Å². The zero-order chi connectivity index (χ0) is 49.1. The second-order valence-corrected chi connectivity index (χ2v) is 20.3. The molecule has 0 heterocycles. The Hall–Kier alpha value is -1.71. The first-order valence-corrected chi connectivity index (χ1v) is 29.2. The molecule has 3 unspecified atom stereocenters. The quantitative estimate of drug-likeness (QED) is 0.0348. The van der Waals surface area contributed by atoms with Crippen LogP contribution in [0.1, 0.15) is 297 Å². The Morgan fingerprint density at radius 2 is 0.806 bits per heavy atom. The summed E-state index contributed by atoms with van der Waals surface area (Å²) in [6.45, 7) is 11.6. The van der Waals surface area contributed by atoms with Crippen molar-refractivity contribution in [3.05, 3.63) is 6.92 Å². The smallest absolute Gasteiger partial charge is 0.322 e. The highest BCUT2D eigenvalue weighted by Crippen LogP contribution is 2.18. The van der Waals surface area contributed by atoms with Crippen LogP contribution in [0.2, 0.25) is 0 Å². The van der Waals surface area contributed by atoms with E-state index in [2.05, 4.69) is 20.8 Å². The van der Waals surface area contributed by atoms with E-state index >= 15 is 0 Å². The average Bonchev–Trinajstić information content (AvgIpc) is 3.30. The fourth-order valence-corrected chi connectivity index (χ4v) is 9.23. The highest BCUT2D eigenvalue weighted by Gasteiger charge is 2.22. The summed E-state index contributed by atoms with van der Waals surface area (Å²) in [5.41, 5.74) is 6.00. The molecule has 0 spiro atoms. The Balaban J connectivity index is 4.49. The summed E-state index contributed by atoms with van der Waals surface area (Å²) >= 11 is 0. The van der Waals surface area contributed by atoms with Crippen LogP contribution >= 0.6 is 0 Å². The zero-order valence-corrected chi connectivity index (χ0v) is 44.8. The van der Waals surface area contributed by atoms with E-state index in [-0.39, 0.29) is 25.1 Å². The number of esters is 3. The van der Waals surface area contributed by atoms with Crippen LogP contribution in [-0.2, 0) is 28.6 Å². The van der Waals surface area contributed by atoms with Gasteiger partial charge in [0, 0.05) is 25.9 Å². The molecule has 0 fully saturated rings. The largest absolute Gasteiger partial charge is 0.465 e. The van der Waals surface area contributed by atoms with Gasteiger partial charge in [0.2, 0.25) is 0 Å². The van der Waals surface area contributed by atoms with E-state index in [9.17, 15) is 19.5 Å². The Bertz CT molecular complexity index is 1060. The molecule has 397 valence electrons. The maximum absolute atomic E-state index is 13.1. The van der Waals surface area contributed by atoms with Crippen LogP contribution in [0.3, 0.4) is 0 Å². The summed E-state index contributed by atoms with van der Waals surface area (Å²) in [4.78, 5) is 39.9. The van der Waals surface area contributed by atoms with Crippen molar-refractivity contribution in [2.45, 2.75) is 315 Å². The number of nitrogens with zero attached hydrogens (tertiary/aromatic N) is 1. The lowest BCUT2D eigenvalue weighted by atomic mass is 10.0. The molecule has 0 bridgehead atoms. The number of aliphatic hydroxyl groups excluding tert-OH is 1. The van der Waals surface area contributed by atoms with E-state index in [0.29, 0.717) is 45.4 Å². The molecular weight excluding hydrogens is 837 g/mol. The third-order valence-electron chi connectivity index (χ3n) is 13.5. The first-order valence-electron chi connectivity index (χ1n) is 29.2. The van der Waals surface area contributed by atoms with Gasteiger partial charge >= 0.3 is 17.9 Å². The number of hydrogen-bond acceptors (Lipinski definition) is 9. The molecule has 0 saturated heterocycles. The highest BCUT2D eigenvalue weighted by atomic mass is 16.6. The number of carbonyl (C=O) groups excluding carboxylic acids is 3. The molecule has 0 aliphatic carbocycles. The van der Waals surface area contributed by atoms with E-state index in [1.165, 1.54) is 205 Å². The number of aliphatic hydroxyl groups is 1. The summed E-state index contributed by atoms with van der Waals surface area (Å²) in [5.74, 6) is -0.933. The first-order chi connectivity index (χ1) is 32.7. The number of carbonyl (C=O) groups is 3. The van der Waals surface area contributed by atoms with Gasteiger partial charge in [-0.1, -0.05) is 251 Å². The monoisotopic (exact) mass is 950 g/mol. The maximum atomic E-state index is 13.1. The summed E-state index contributed by atoms with van der Waals surface area (Å²) in [7, 11) is 0. The van der Waals surface area contributed by atoms with Crippen molar-refractivity contribution in [2.24, 2.45) is 5.73 Å². The van der Waals surface area contributed by atoms with Crippen LogP contribution in [0.15, 0.2) is 0 Å². The lowest BCUT2D eigenvalue weighted by Crippen LogP contribution is -2.42. The van der Waals surface area contributed by atoms with Crippen LogP contribution in [0.5, 0.6) is 0 Å². The van der Waals surface area contributed by atoms with Crippen molar-refractivity contribution in [1.82, 2.24) is 4.90 Å². The van der Waals surface area contributed by atoms with Crippen molar-refractivity contribution >= 4 is 17.9 Å².